The second kappa shape index (κ2) is 8.60. The zero-order valence-electron chi connectivity index (χ0n) is 18.6. The first-order valence-electron chi connectivity index (χ1n) is 11.9. The van der Waals surface area contributed by atoms with Gasteiger partial charge in [0.1, 0.15) is 0 Å². The predicted octanol–water partition coefficient (Wildman–Crippen LogP) is 2.46. The van der Waals surface area contributed by atoms with E-state index in [1.54, 1.807) is 4.31 Å². The van der Waals surface area contributed by atoms with Gasteiger partial charge in [-0.1, -0.05) is 37.3 Å². The number of fused-ring (bicyclic) bond motifs is 1. The first-order valence-corrected chi connectivity index (χ1v) is 13.3. The van der Waals surface area contributed by atoms with Gasteiger partial charge >= 0.3 is 0 Å². The van der Waals surface area contributed by atoms with Crippen LogP contribution in [-0.4, -0.2) is 69.1 Å². The van der Waals surface area contributed by atoms with Crippen LogP contribution in [-0.2, 0) is 27.8 Å². The molecule has 1 N–H and O–H groups in total. The maximum atomic E-state index is 12.8. The fourth-order valence-electron chi connectivity index (χ4n) is 6.20. The van der Waals surface area contributed by atoms with Crippen molar-refractivity contribution in [2.75, 3.05) is 45.9 Å². The second-order valence-corrected chi connectivity index (χ2v) is 11.4. The van der Waals surface area contributed by atoms with Crippen LogP contribution < -0.4 is 4.72 Å². The smallest absolute Gasteiger partial charge is 0.280 e. The summed E-state index contributed by atoms with van der Waals surface area (Å²) in [5, 5.41) is 0. The van der Waals surface area contributed by atoms with E-state index in [1.165, 1.54) is 16.7 Å². The standard InChI is InChI=1S/C24H35N3O3S/c1-2-9-27-18-24(25-31(27,28)29)22-7-8-23(24)17-21-15-19(5-6-20(21)16-22)4-3-10-26-11-13-30-14-12-26/h3-6,15,22-23,25H,2,7-14,16-18H2,1H3/b4-3+/t22-,23+,24-/m1/s1. The second-order valence-electron chi connectivity index (χ2n) is 9.70. The Balaban J connectivity index is 1.34. The van der Waals surface area contributed by atoms with Gasteiger partial charge in [-0.2, -0.15) is 17.4 Å². The van der Waals surface area contributed by atoms with E-state index in [2.05, 4.69) is 40.0 Å². The van der Waals surface area contributed by atoms with Gasteiger partial charge in [-0.3, -0.25) is 4.90 Å². The van der Waals surface area contributed by atoms with E-state index >= 15 is 0 Å². The molecule has 31 heavy (non-hydrogen) atoms. The molecule has 1 saturated carbocycles. The summed E-state index contributed by atoms with van der Waals surface area (Å²) >= 11 is 0. The fourth-order valence-corrected chi connectivity index (χ4v) is 8.01. The molecule has 1 spiro atoms. The minimum absolute atomic E-state index is 0.292. The Morgan fingerprint density at radius 2 is 1.90 bits per heavy atom. The van der Waals surface area contributed by atoms with Crippen molar-refractivity contribution >= 4 is 16.3 Å². The minimum Gasteiger partial charge on any atom is -0.379 e. The molecule has 7 heteroatoms. The van der Waals surface area contributed by atoms with Crippen LogP contribution in [0.3, 0.4) is 0 Å². The number of rotatable bonds is 5. The highest BCUT2D eigenvalue weighted by atomic mass is 32.2. The van der Waals surface area contributed by atoms with Crippen LogP contribution in [0.15, 0.2) is 24.3 Å². The highest BCUT2D eigenvalue weighted by Gasteiger charge is 2.59. The Labute approximate surface area is 186 Å². The third-order valence-electron chi connectivity index (χ3n) is 7.83. The van der Waals surface area contributed by atoms with Crippen LogP contribution in [0.5, 0.6) is 0 Å². The van der Waals surface area contributed by atoms with Crippen molar-refractivity contribution in [3.8, 4) is 0 Å². The third-order valence-corrected chi connectivity index (χ3v) is 9.46. The summed E-state index contributed by atoms with van der Waals surface area (Å²) in [6.45, 7) is 7.93. The molecule has 0 unspecified atom stereocenters. The minimum atomic E-state index is -3.36. The molecule has 2 bridgehead atoms. The molecular formula is C24H35N3O3S. The Morgan fingerprint density at radius 1 is 1.16 bits per heavy atom. The van der Waals surface area contributed by atoms with E-state index in [0.717, 1.165) is 65.0 Å². The molecule has 6 nitrogen and oxygen atoms in total. The summed E-state index contributed by atoms with van der Waals surface area (Å²) in [5.74, 6) is 0.765. The Bertz CT molecular complexity index is 941. The van der Waals surface area contributed by atoms with E-state index in [-0.39, 0.29) is 5.54 Å². The zero-order chi connectivity index (χ0) is 21.5. The predicted molar refractivity (Wildman–Crippen MR) is 123 cm³/mol. The summed E-state index contributed by atoms with van der Waals surface area (Å²) in [4.78, 5) is 2.42. The average molecular weight is 446 g/mol. The maximum Gasteiger partial charge on any atom is 0.280 e. The lowest BCUT2D eigenvalue weighted by atomic mass is 9.79. The first-order chi connectivity index (χ1) is 15.0. The van der Waals surface area contributed by atoms with Crippen LogP contribution >= 0.6 is 0 Å². The van der Waals surface area contributed by atoms with E-state index in [9.17, 15) is 8.42 Å². The summed E-state index contributed by atoms with van der Waals surface area (Å²) in [6, 6.07) is 6.85. The van der Waals surface area contributed by atoms with Crippen LogP contribution in [0.25, 0.3) is 6.08 Å². The van der Waals surface area contributed by atoms with E-state index in [4.69, 9.17) is 4.74 Å². The summed E-state index contributed by atoms with van der Waals surface area (Å²) < 4.78 is 35.9. The van der Waals surface area contributed by atoms with Crippen molar-refractivity contribution in [2.45, 2.75) is 44.6 Å². The number of morpholine rings is 1. The molecule has 3 atom stereocenters. The third kappa shape index (κ3) is 4.11. The quantitative estimate of drug-likeness (QED) is 0.756. The van der Waals surface area contributed by atoms with Gasteiger partial charge in [0.05, 0.1) is 18.8 Å². The lowest BCUT2D eigenvalue weighted by molar-refractivity contribution is 0.0435. The van der Waals surface area contributed by atoms with Crippen LogP contribution in [0.1, 0.15) is 42.9 Å². The molecule has 2 saturated heterocycles. The molecule has 3 fully saturated rings. The number of benzene rings is 1. The van der Waals surface area contributed by atoms with Crippen molar-refractivity contribution in [3.05, 3.63) is 41.0 Å². The number of hydrogen-bond donors (Lipinski definition) is 1. The van der Waals surface area contributed by atoms with Crippen molar-refractivity contribution in [2.24, 2.45) is 11.8 Å². The molecule has 5 rings (SSSR count). The van der Waals surface area contributed by atoms with E-state index in [0.29, 0.717) is 24.9 Å². The lowest BCUT2D eigenvalue weighted by Crippen LogP contribution is -2.52. The van der Waals surface area contributed by atoms with Crippen molar-refractivity contribution in [3.63, 3.8) is 0 Å². The molecule has 0 aromatic heterocycles. The molecule has 1 aromatic rings. The van der Waals surface area contributed by atoms with E-state index in [1.807, 2.05) is 6.92 Å². The fraction of sp³-hybridized carbons (Fsp3) is 0.667. The van der Waals surface area contributed by atoms with Crippen molar-refractivity contribution in [1.29, 1.82) is 0 Å². The normalized spacial score (nSPS) is 33.2. The SMILES string of the molecule is CCCN1C[C@@]2(NS1(=O)=O)[C@@H]1CC[C@H]2Cc2cc(/C=C/CN3CCOCC3)ccc2C1. The topological polar surface area (TPSA) is 61.9 Å². The Morgan fingerprint density at radius 3 is 2.65 bits per heavy atom. The molecule has 2 heterocycles. The summed E-state index contributed by atoms with van der Waals surface area (Å²) in [5.41, 5.74) is 3.77. The van der Waals surface area contributed by atoms with Crippen molar-refractivity contribution in [1.82, 2.24) is 13.9 Å². The maximum absolute atomic E-state index is 12.8. The van der Waals surface area contributed by atoms with Gasteiger partial charge in [0.2, 0.25) is 0 Å². The van der Waals surface area contributed by atoms with Gasteiger partial charge in [0, 0.05) is 32.7 Å². The van der Waals surface area contributed by atoms with Gasteiger partial charge in [-0.15, -0.1) is 0 Å². The Hall–Kier alpha value is -1.25. The number of ether oxygens (including phenoxy) is 1. The molecule has 170 valence electrons. The number of nitrogens with zero attached hydrogens (tertiary/aromatic N) is 2. The highest BCUT2D eigenvalue weighted by molar-refractivity contribution is 7.87. The van der Waals surface area contributed by atoms with Gasteiger partial charge in [0.15, 0.2) is 0 Å². The van der Waals surface area contributed by atoms with Crippen LogP contribution in [0, 0.1) is 11.8 Å². The lowest BCUT2D eigenvalue weighted by Gasteiger charge is -2.33. The number of hydrogen-bond acceptors (Lipinski definition) is 4. The van der Waals surface area contributed by atoms with E-state index < -0.39 is 10.2 Å². The molecule has 1 aromatic carbocycles. The van der Waals surface area contributed by atoms with Crippen LogP contribution in [0.2, 0.25) is 0 Å². The van der Waals surface area contributed by atoms with Gasteiger partial charge < -0.3 is 4.74 Å². The largest absolute Gasteiger partial charge is 0.379 e. The highest BCUT2D eigenvalue weighted by Crippen LogP contribution is 2.50. The average Bonchev–Trinajstić information content (AvgIpc) is 3.14. The molecule has 0 radical (unpaired) electrons. The molecular weight excluding hydrogens is 410 g/mol. The zero-order valence-corrected chi connectivity index (χ0v) is 19.4. The van der Waals surface area contributed by atoms with Crippen LogP contribution in [0.4, 0.5) is 0 Å². The van der Waals surface area contributed by atoms with Gasteiger partial charge in [-0.25, -0.2) is 0 Å². The molecule has 2 aliphatic carbocycles. The summed E-state index contributed by atoms with van der Waals surface area (Å²) in [6.07, 6.45) is 9.52. The number of nitrogens with one attached hydrogen (secondary N) is 1. The van der Waals surface area contributed by atoms with Gasteiger partial charge in [-0.05, 0) is 60.6 Å². The summed E-state index contributed by atoms with van der Waals surface area (Å²) in [7, 11) is -3.36. The first kappa shape index (κ1) is 21.6. The Kier molecular flexibility index (Phi) is 5.99. The molecule has 2 aliphatic heterocycles. The van der Waals surface area contributed by atoms with Gasteiger partial charge in [0.25, 0.3) is 10.2 Å². The van der Waals surface area contributed by atoms with Crippen molar-refractivity contribution < 1.29 is 13.2 Å². The molecule has 4 aliphatic rings. The monoisotopic (exact) mass is 445 g/mol. The molecule has 0 amide bonds.